The van der Waals surface area contributed by atoms with Crippen LogP contribution in [0.15, 0.2) is 24.3 Å². The second kappa shape index (κ2) is 4.97. The van der Waals surface area contributed by atoms with Crippen molar-refractivity contribution in [3.63, 3.8) is 0 Å². The number of amides is 1. The van der Waals surface area contributed by atoms with E-state index in [1.54, 1.807) is 12.1 Å². The Hall–Kier alpha value is -1.87. The fourth-order valence-corrected chi connectivity index (χ4v) is 2.47. The Morgan fingerprint density at radius 3 is 2.35 bits per heavy atom. The smallest absolute Gasteiger partial charge is 0.235 e. The number of nitriles is 1. The van der Waals surface area contributed by atoms with Crippen molar-refractivity contribution in [1.82, 2.24) is 0 Å². The van der Waals surface area contributed by atoms with E-state index in [2.05, 4.69) is 0 Å². The summed E-state index contributed by atoms with van der Waals surface area (Å²) in [5, 5.41) is 7.38. The SMILES string of the molecule is CC(C(N)=O)S(=O)(=O)Cc1ccc(C#N)cc1. The number of carbonyl (C=O) groups is 1. The summed E-state index contributed by atoms with van der Waals surface area (Å²) in [6.45, 7) is 1.27. The highest BCUT2D eigenvalue weighted by atomic mass is 32.2. The van der Waals surface area contributed by atoms with Crippen LogP contribution in [0.2, 0.25) is 0 Å². The molecule has 2 N–H and O–H groups in total. The molecule has 0 spiro atoms. The monoisotopic (exact) mass is 252 g/mol. The zero-order valence-corrected chi connectivity index (χ0v) is 10.1. The van der Waals surface area contributed by atoms with Gasteiger partial charge in [-0.15, -0.1) is 0 Å². The van der Waals surface area contributed by atoms with E-state index in [0.29, 0.717) is 11.1 Å². The third kappa shape index (κ3) is 3.29. The number of primary amides is 1. The van der Waals surface area contributed by atoms with E-state index in [9.17, 15) is 13.2 Å². The number of hydrogen-bond donors (Lipinski definition) is 1. The van der Waals surface area contributed by atoms with Crippen molar-refractivity contribution in [2.75, 3.05) is 0 Å². The maximum atomic E-state index is 11.7. The highest BCUT2D eigenvalue weighted by Gasteiger charge is 2.25. The van der Waals surface area contributed by atoms with E-state index in [4.69, 9.17) is 11.0 Å². The number of benzene rings is 1. The molecule has 0 bridgehead atoms. The van der Waals surface area contributed by atoms with E-state index >= 15 is 0 Å². The quantitative estimate of drug-likeness (QED) is 0.835. The van der Waals surface area contributed by atoms with Gasteiger partial charge < -0.3 is 5.73 Å². The minimum absolute atomic E-state index is 0.261. The van der Waals surface area contributed by atoms with Crippen molar-refractivity contribution in [2.24, 2.45) is 5.73 Å². The number of sulfone groups is 1. The topological polar surface area (TPSA) is 101 Å². The lowest BCUT2D eigenvalue weighted by Crippen LogP contribution is -2.33. The lowest BCUT2D eigenvalue weighted by Gasteiger charge is -2.09. The Morgan fingerprint density at radius 2 is 1.94 bits per heavy atom. The summed E-state index contributed by atoms with van der Waals surface area (Å²) < 4.78 is 23.5. The Labute approximate surface area is 99.8 Å². The van der Waals surface area contributed by atoms with Crippen LogP contribution >= 0.6 is 0 Å². The molecule has 6 heteroatoms. The summed E-state index contributed by atoms with van der Waals surface area (Å²) in [7, 11) is -3.59. The van der Waals surface area contributed by atoms with Gasteiger partial charge in [0.2, 0.25) is 5.91 Å². The summed E-state index contributed by atoms with van der Waals surface area (Å²) in [6, 6.07) is 8.08. The minimum Gasteiger partial charge on any atom is -0.369 e. The number of carbonyl (C=O) groups excluding carboxylic acids is 1. The Bertz CT molecular complexity index is 555. The van der Waals surface area contributed by atoms with Crippen molar-refractivity contribution >= 4 is 15.7 Å². The van der Waals surface area contributed by atoms with E-state index in [1.807, 2.05) is 6.07 Å². The van der Waals surface area contributed by atoms with Gasteiger partial charge in [-0.3, -0.25) is 4.79 Å². The Balaban J connectivity index is 2.91. The zero-order valence-electron chi connectivity index (χ0n) is 9.25. The van der Waals surface area contributed by atoms with Gasteiger partial charge in [-0.2, -0.15) is 5.26 Å². The predicted octanol–water partition coefficient (Wildman–Crippen LogP) is 0.347. The van der Waals surface area contributed by atoms with Crippen LogP contribution in [-0.4, -0.2) is 19.6 Å². The summed E-state index contributed by atoms with van der Waals surface area (Å²) >= 11 is 0. The molecule has 1 unspecified atom stereocenters. The van der Waals surface area contributed by atoms with Crippen molar-refractivity contribution in [3.8, 4) is 6.07 Å². The van der Waals surface area contributed by atoms with Crippen molar-refractivity contribution in [1.29, 1.82) is 5.26 Å². The molecule has 0 aromatic heterocycles. The number of nitrogens with two attached hydrogens (primary N) is 1. The lowest BCUT2D eigenvalue weighted by molar-refractivity contribution is -0.117. The Kier molecular flexibility index (Phi) is 3.86. The van der Waals surface area contributed by atoms with Gasteiger partial charge in [0, 0.05) is 0 Å². The second-order valence-corrected chi connectivity index (χ2v) is 5.98. The molecule has 1 rings (SSSR count). The summed E-state index contributed by atoms with van der Waals surface area (Å²) in [6.07, 6.45) is 0. The summed E-state index contributed by atoms with van der Waals surface area (Å²) in [5.41, 5.74) is 5.94. The minimum atomic E-state index is -3.59. The standard InChI is InChI=1S/C11H12N2O3S/c1-8(11(13)14)17(15,16)7-10-4-2-9(6-12)3-5-10/h2-5,8H,7H2,1H3,(H2,13,14). The first kappa shape index (κ1) is 13.2. The summed E-state index contributed by atoms with van der Waals surface area (Å²) in [4.78, 5) is 10.8. The molecule has 5 nitrogen and oxygen atoms in total. The molecule has 1 aromatic carbocycles. The fraction of sp³-hybridized carbons (Fsp3) is 0.273. The molecule has 1 amide bonds. The van der Waals surface area contributed by atoms with Gasteiger partial charge in [0.1, 0.15) is 5.25 Å². The molecule has 0 saturated heterocycles. The second-order valence-electron chi connectivity index (χ2n) is 3.66. The van der Waals surface area contributed by atoms with Crippen LogP contribution in [0.25, 0.3) is 0 Å². The summed E-state index contributed by atoms with van der Waals surface area (Å²) in [5.74, 6) is -1.12. The molecule has 17 heavy (non-hydrogen) atoms. The van der Waals surface area contributed by atoms with Gasteiger partial charge in [-0.05, 0) is 24.6 Å². The van der Waals surface area contributed by atoms with Gasteiger partial charge >= 0.3 is 0 Å². The average Bonchev–Trinajstić information content (AvgIpc) is 2.28. The third-order valence-corrected chi connectivity index (χ3v) is 4.44. The molecule has 0 aliphatic carbocycles. The van der Waals surface area contributed by atoms with Crippen molar-refractivity contribution < 1.29 is 13.2 Å². The van der Waals surface area contributed by atoms with Gasteiger partial charge in [-0.1, -0.05) is 12.1 Å². The van der Waals surface area contributed by atoms with Gasteiger partial charge in [0.25, 0.3) is 0 Å². The molecule has 1 aromatic rings. The first-order valence-electron chi connectivity index (χ1n) is 4.87. The van der Waals surface area contributed by atoms with Gasteiger partial charge in [-0.25, -0.2) is 8.42 Å². The van der Waals surface area contributed by atoms with Gasteiger partial charge in [0.05, 0.1) is 17.4 Å². The fourth-order valence-electron chi connectivity index (χ4n) is 1.21. The van der Waals surface area contributed by atoms with Crippen LogP contribution in [0.1, 0.15) is 18.1 Å². The number of hydrogen-bond acceptors (Lipinski definition) is 4. The molecular weight excluding hydrogens is 240 g/mol. The first-order valence-corrected chi connectivity index (χ1v) is 6.58. The first-order chi connectivity index (χ1) is 7.86. The van der Waals surface area contributed by atoms with Crippen LogP contribution < -0.4 is 5.73 Å². The zero-order chi connectivity index (χ0) is 13.1. The molecule has 90 valence electrons. The van der Waals surface area contributed by atoms with Crippen LogP contribution in [0, 0.1) is 11.3 Å². The largest absolute Gasteiger partial charge is 0.369 e. The molecule has 0 aliphatic heterocycles. The molecule has 0 radical (unpaired) electrons. The van der Waals surface area contributed by atoms with E-state index < -0.39 is 21.0 Å². The normalized spacial score (nSPS) is 12.7. The number of nitrogens with zero attached hydrogens (tertiary/aromatic N) is 1. The van der Waals surface area contributed by atoms with Crippen LogP contribution in [0.4, 0.5) is 0 Å². The predicted molar refractivity (Wildman–Crippen MR) is 62.4 cm³/mol. The molecule has 0 fully saturated rings. The maximum Gasteiger partial charge on any atom is 0.235 e. The molecule has 1 atom stereocenters. The number of rotatable bonds is 4. The van der Waals surface area contributed by atoms with E-state index in [1.165, 1.54) is 19.1 Å². The van der Waals surface area contributed by atoms with Gasteiger partial charge in [0.15, 0.2) is 9.84 Å². The van der Waals surface area contributed by atoms with E-state index in [-0.39, 0.29) is 5.75 Å². The highest BCUT2D eigenvalue weighted by Crippen LogP contribution is 2.12. The highest BCUT2D eigenvalue weighted by molar-refractivity contribution is 7.92. The molecule has 0 aliphatic rings. The lowest BCUT2D eigenvalue weighted by atomic mass is 10.2. The van der Waals surface area contributed by atoms with Crippen LogP contribution in [0.3, 0.4) is 0 Å². The van der Waals surface area contributed by atoms with Crippen LogP contribution in [-0.2, 0) is 20.4 Å². The third-order valence-electron chi connectivity index (χ3n) is 2.39. The average molecular weight is 252 g/mol. The molecule has 0 saturated carbocycles. The van der Waals surface area contributed by atoms with Crippen molar-refractivity contribution in [2.45, 2.75) is 17.9 Å². The van der Waals surface area contributed by atoms with E-state index in [0.717, 1.165) is 0 Å². The van der Waals surface area contributed by atoms with Crippen molar-refractivity contribution in [3.05, 3.63) is 35.4 Å². The molecular formula is C11H12N2O3S. The maximum absolute atomic E-state index is 11.7. The van der Waals surface area contributed by atoms with Crippen LogP contribution in [0.5, 0.6) is 0 Å². The molecule has 0 heterocycles. The Morgan fingerprint density at radius 1 is 1.41 bits per heavy atom.